The summed E-state index contributed by atoms with van der Waals surface area (Å²) in [5, 5.41) is 65.7. The van der Waals surface area contributed by atoms with Crippen LogP contribution >= 0.6 is 0 Å². The number of aldehydes is 2. The van der Waals surface area contributed by atoms with Gasteiger partial charge in [-0.15, -0.1) is 0 Å². The van der Waals surface area contributed by atoms with Crippen molar-refractivity contribution in [3.63, 3.8) is 0 Å². The summed E-state index contributed by atoms with van der Waals surface area (Å²) in [5.74, 6) is 0. The number of carbonyl (C=O) groups is 2. The van der Waals surface area contributed by atoms with Crippen LogP contribution in [0.25, 0.3) is 0 Å². The second kappa shape index (κ2) is 9.12. The first-order chi connectivity index (χ1) is 9.67. The van der Waals surface area contributed by atoms with Crippen molar-refractivity contribution in [2.45, 2.75) is 55.2 Å². The van der Waals surface area contributed by atoms with Crippen LogP contribution in [-0.2, 0) is 9.59 Å². The van der Waals surface area contributed by atoms with Gasteiger partial charge in [-0.2, -0.15) is 0 Å². The van der Waals surface area contributed by atoms with E-state index in [1.807, 2.05) is 0 Å². The lowest BCUT2D eigenvalue weighted by atomic mass is 9.94. The molecule has 0 heterocycles. The summed E-state index contributed by atoms with van der Waals surface area (Å²) in [7, 11) is 0. The van der Waals surface area contributed by atoms with Crippen LogP contribution < -0.4 is 5.73 Å². The van der Waals surface area contributed by atoms with Gasteiger partial charge in [0.25, 0.3) is 0 Å². The van der Waals surface area contributed by atoms with Crippen molar-refractivity contribution in [2.75, 3.05) is 0 Å². The van der Waals surface area contributed by atoms with Crippen LogP contribution in [0.1, 0.15) is 6.42 Å². The minimum Gasteiger partial charge on any atom is -0.390 e. The lowest BCUT2D eigenvalue weighted by Crippen LogP contribution is -2.51. The van der Waals surface area contributed by atoms with E-state index in [4.69, 9.17) is 10.8 Å². The molecule has 10 heteroatoms. The summed E-state index contributed by atoms with van der Waals surface area (Å²) >= 11 is 0. The highest BCUT2D eigenvalue weighted by Gasteiger charge is 2.35. The van der Waals surface area contributed by atoms with E-state index < -0.39 is 55.2 Å². The Morgan fingerprint density at radius 1 is 0.714 bits per heavy atom. The van der Waals surface area contributed by atoms with Crippen molar-refractivity contribution in [1.82, 2.24) is 0 Å². The maximum Gasteiger partial charge on any atom is 0.151 e. The molecule has 0 fully saturated rings. The predicted molar refractivity (Wildman–Crippen MR) is 66.8 cm³/mol. The topological polar surface area (TPSA) is 202 Å². The highest BCUT2D eigenvalue weighted by molar-refractivity contribution is 5.58. The van der Waals surface area contributed by atoms with Crippen LogP contribution in [0.5, 0.6) is 0 Å². The van der Waals surface area contributed by atoms with E-state index in [1.165, 1.54) is 0 Å². The fourth-order valence-electron chi connectivity index (χ4n) is 1.57. The standard InChI is InChI=1S/C11H21NO9/c12-4(2-13)8(18)9(19)5(15)1-6(16)10(20)11(21)7(17)3-14/h2-11,15-21H,1,12H2/t4-,5+,6+,7-,8+,9-,10+,11-/m0/s1. The van der Waals surface area contributed by atoms with Gasteiger partial charge >= 0.3 is 0 Å². The summed E-state index contributed by atoms with van der Waals surface area (Å²) in [6.07, 6.45) is -13.8. The van der Waals surface area contributed by atoms with Crippen molar-refractivity contribution >= 4 is 12.6 Å². The zero-order valence-corrected chi connectivity index (χ0v) is 11.0. The van der Waals surface area contributed by atoms with Crippen LogP contribution in [0.2, 0.25) is 0 Å². The van der Waals surface area contributed by atoms with Crippen LogP contribution in [0, 0.1) is 0 Å². The van der Waals surface area contributed by atoms with Crippen LogP contribution in [0.15, 0.2) is 0 Å². The molecule has 8 atom stereocenters. The third-order valence-corrected chi connectivity index (χ3v) is 3.01. The molecule has 10 nitrogen and oxygen atoms in total. The Kier molecular flexibility index (Phi) is 8.70. The van der Waals surface area contributed by atoms with Gasteiger partial charge < -0.3 is 51.1 Å². The predicted octanol–water partition coefficient (Wildman–Crippen LogP) is -5.37. The summed E-state index contributed by atoms with van der Waals surface area (Å²) in [6.45, 7) is 0. The maximum atomic E-state index is 10.3. The Morgan fingerprint density at radius 3 is 1.52 bits per heavy atom. The highest BCUT2D eigenvalue weighted by Crippen LogP contribution is 2.13. The molecule has 0 rings (SSSR count). The van der Waals surface area contributed by atoms with Gasteiger partial charge in [-0.3, -0.25) is 0 Å². The monoisotopic (exact) mass is 311 g/mol. The van der Waals surface area contributed by atoms with Gasteiger partial charge in [0, 0.05) is 6.42 Å². The van der Waals surface area contributed by atoms with Crippen LogP contribution in [0.3, 0.4) is 0 Å². The lowest BCUT2D eigenvalue weighted by Gasteiger charge is -2.29. The van der Waals surface area contributed by atoms with Gasteiger partial charge in [-0.25, -0.2) is 0 Å². The molecule has 0 aliphatic carbocycles. The van der Waals surface area contributed by atoms with Crippen molar-refractivity contribution < 1.29 is 45.3 Å². The minimum absolute atomic E-state index is 0.0568. The second-order valence-electron chi connectivity index (χ2n) is 4.67. The number of rotatable bonds is 10. The third kappa shape index (κ3) is 5.73. The quantitative estimate of drug-likeness (QED) is 0.180. The zero-order valence-electron chi connectivity index (χ0n) is 11.0. The molecule has 0 aliphatic rings. The van der Waals surface area contributed by atoms with E-state index in [1.54, 1.807) is 0 Å². The van der Waals surface area contributed by atoms with Gasteiger partial charge in [0.05, 0.1) is 18.2 Å². The Bertz CT molecular complexity index is 299. The van der Waals surface area contributed by atoms with E-state index in [0.29, 0.717) is 0 Å². The molecular formula is C11H21NO9. The second-order valence-corrected chi connectivity index (χ2v) is 4.67. The normalized spacial score (nSPS) is 23.2. The summed E-state index contributed by atoms with van der Waals surface area (Å²) < 4.78 is 0. The Balaban J connectivity index is 4.58. The fourth-order valence-corrected chi connectivity index (χ4v) is 1.57. The number of hydrogen-bond donors (Lipinski definition) is 8. The molecule has 0 aromatic carbocycles. The van der Waals surface area contributed by atoms with Crippen molar-refractivity contribution in [3.05, 3.63) is 0 Å². The summed E-state index contributed by atoms with van der Waals surface area (Å²) in [4.78, 5) is 20.6. The average Bonchev–Trinajstić information content (AvgIpc) is 2.49. The summed E-state index contributed by atoms with van der Waals surface area (Å²) in [6, 6.07) is -1.46. The first kappa shape index (κ1) is 20.0. The number of hydrogen-bond acceptors (Lipinski definition) is 10. The van der Waals surface area contributed by atoms with Crippen LogP contribution in [0.4, 0.5) is 0 Å². The molecule has 0 aromatic heterocycles. The van der Waals surface area contributed by atoms with E-state index in [2.05, 4.69) is 0 Å². The molecule has 0 bridgehead atoms. The molecule has 0 saturated carbocycles. The molecule has 0 aliphatic heterocycles. The number of aliphatic hydroxyl groups is 7. The van der Waals surface area contributed by atoms with Crippen molar-refractivity contribution in [2.24, 2.45) is 5.73 Å². The molecule has 124 valence electrons. The third-order valence-electron chi connectivity index (χ3n) is 3.01. The largest absolute Gasteiger partial charge is 0.390 e. The van der Waals surface area contributed by atoms with E-state index >= 15 is 0 Å². The molecule has 0 saturated heterocycles. The summed E-state index contributed by atoms with van der Waals surface area (Å²) in [5.41, 5.74) is 5.14. The molecule has 9 N–H and O–H groups in total. The minimum atomic E-state index is -2.00. The van der Waals surface area contributed by atoms with Crippen LogP contribution in [-0.4, -0.2) is 97.1 Å². The first-order valence-corrected chi connectivity index (χ1v) is 6.10. The lowest BCUT2D eigenvalue weighted by molar-refractivity contribution is -0.140. The van der Waals surface area contributed by atoms with Crippen molar-refractivity contribution in [1.29, 1.82) is 0 Å². The van der Waals surface area contributed by atoms with Gasteiger partial charge in [-0.1, -0.05) is 0 Å². The van der Waals surface area contributed by atoms with Gasteiger partial charge in [0.1, 0.15) is 36.8 Å². The SMILES string of the molecule is N[C@@H](C=O)[C@@H](O)[C@@H](O)[C@H](O)C[C@@H](O)[C@@H](O)[C@@H](O)[C@@H](O)C=O. The smallest absolute Gasteiger partial charge is 0.151 e. The highest BCUT2D eigenvalue weighted by atomic mass is 16.4. The molecule has 0 unspecified atom stereocenters. The molecule has 0 radical (unpaired) electrons. The first-order valence-electron chi connectivity index (χ1n) is 6.10. The Hall–Kier alpha value is -0.980. The maximum absolute atomic E-state index is 10.3. The molecule has 0 spiro atoms. The van der Waals surface area contributed by atoms with E-state index in [9.17, 15) is 40.2 Å². The number of carbonyl (C=O) groups excluding carboxylic acids is 2. The van der Waals surface area contributed by atoms with E-state index in [-0.39, 0.29) is 12.6 Å². The Morgan fingerprint density at radius 2 is 1.14 bits per heavy atom. The molecule has 0 aromatic rings. The zero-order chi connectivity index (χ0) is 16.7. The van der Waals surface area contributed by atoms with Crippen molar-refractivity contribution in [3.8, 4) is 0 Å². The number of aliphatic hydroxyl groups excluding tert-OH is 7. The van der Waals surface area contributed by atoms with E-state index in [0.717, 1.165) is 0 Å². The number of nitrogens with two attached hydrogens (primary N) is 1. The average molecular weight is 311 g/mol. The van der Waals surface area contributed by atoms with Gasteiger partial charge in [-0.05, 0) is 0 Å². The molecule has 21 heavy (non-hydrogen) atoms. The molecular weight excluding hydrogens is 290 g/mol. The fraction of sp³-hybridized carbons (Fsp3) is 0.818. The molecule has 0 amide bonds. The Labute approximate surface area is 120 Å². The van der Waals surface area contributed by atoms with Gasteiger partial charge in [0.2, 0.25) is 0 Å². The van der Waals surface area contributed by atoms with Gasteiger partial charge in [0.15, 0.2) is 6.29 Å².